The van der Waals surface area contributed by atoms with Crippen LogP contribution in [0.2, 0.25) is 0 Å². The number of benzene rings is 1. The highest BCUT2D eigenvalue weighted by Gasteiger charge is 2.28. The number of nitrogens with zero attached hydrogens (tertiary/aromatic N) is 1. The van der Waals surface area contributed by atoms with E-state index < -0.39 is 0 Å². The van der Waals surface area contributed by atoms with E-state index in [0.717, 1.165) is 5.56 Å². The van der Waals surface area contributed by atoms with Crippen LogP contribution < -0.4 is 5.32 Å². The van der Waals surface area contributed by atoms with Gasteiger partial charge in [-0.05, 0) is 5.56 Å². The Labute approximate surface area is 123 Å². The van der Waals surface area contributed by atoms with E-state index in [9.17, 15) is 14.4 Å². The third-order valence-electron chi connectivity index (χ3n) is 3.24. The van der Waals surface area contributed by atoms with Gasteiger partial charge in [0.25, 0.3) is 0 Å². The second-order valence-electron chi connectivity index (χ2n) is 4.81. The van der Waals surface area contributed by atoms with Gasteiger partial charge in [-0.25, -0.2) is 0 Å². The van der Waals surface area contributed by atoms with E-state index in [4.69, 9.17) is 0 Å². The fourth-order valence-corrected chi connectivity index (χ4v) is 2.11. The van der Waals surface area contributed by atoms with Crippen molar-refractivity contribution in [3.8, 4) is 0 Å². The average molecular weight is 286 g/mol. The van der Waals surface area contributed by atoms with Gasteiger partial charge < -0.3 is 5.32 Å². The van der Waals surface area contributed by atoms with Crippen LogP contribution in [0.3, 0.4) is 0 Å². The van der Waals surface area contributed by atoms with E-state index >= 15 is 0 Å². The van der Waals surface area contributed by atoms with Gasteiger partial charge in [0.2, 0.25) is 17.7 Å². The smallest absolute Gasteiger partial charge is 0.229 e. The lowest BCUT2D eigenvalue weighted by atomic mass is 10.2. The number of likely N-dealkylation sites (tertiary alicyclic amines) is 1. The number of hydrogen-bond donors (Lipinski definition) is 1. The standard InChI is InChI=1S/C16H18N2O3/c19-14(10-12-18-15(20)8-9-16(18)21)17-11-4-7-13-5-2-1-3-6-13/h1-7H,8-12H2,(H,17,19)/b7-4+. The molecule has 1 aliphatic rings. The highest BCUT2D eigenvalue weighted by molar-refractivity contribution is 6.02. The Morgan fingerprint density at radius 3 is 2.48 bits per heavy atom. The van der Waals surface area contributed by atoms with Crippen molar-refractivity contribution in [2.24, 2.45) is 0 Å². The summed E-state index contributed by atoms with van der Waals surface area (Å²) in [5.41, 5.74) is 1.07. The minimum Gasteiger partial charge on any atom is -0.353 e. The van der Waals surface area contributed by atoms with E-state index in [-0.39, 0.29) is 43.5 Å². The molecule has 1 saturated heterocycles. The molecule has 110 valence electrons. The van der Waals surface area contributed by atoms with Crippen LogP contribution in [0.1, 0.15) is 24.8 Å². The number of amides is 3. The Hall–Kier alpha value is -2.43. The lowest BCUT2D eigenvalue weighted by Gasteiger charge is -2.12. The van der Waals surface area contributed by atoms with Crippen molar-refractivity contribution in [3.05, 3.63) is 42.0 Å². The minimum absolute atomic E-state index is 0.149. The van der Waals surface area contributed by atoms with Gasteiger partial charge in [0.1, 0.15) is 0 Å². The zero-order valence-corrected chi connectivity index (χ0v) is 11.7. The van der Waals surface area contributed by atoms with E-state index in [2.05, 4.69) is 5.32 Å². The molecular weight excluding hydrogens is 268 g/mol. The monoisotopic (exact) mass is 286 g/mol. The Morgan fingerprint density at radius 1 is 1.14 bits per heavy atom. The predicted octanol–water partition coefficient (Wildman–Crippen LogP) is 1.36. The molecule has 0 bridgehead atoms. The molecule has 1 aliphatic heterocycles. The number of nitrogens with one attached hydrogen (secondary N) is 1. The number of carbonyl (C=O) groups is 3. The van der Waals surface area contributed by atoms with E-state index in [1.54, 1.807) is 0 Å². The lowest BCUT2D eigenvalue weighted by molar-refractivity contribution is -0.138. The molecule has 1 aromatic carbocycles. The summed E-state index contributed by atoms with van der Waals surface area (Å²) in [6.07, 6.45) is 4.46. The Morgan fingerprint density at radius 2 is 1.81 bits per heavy atom. The quantitative estimate of drug-likeness (QED) is 0.803. The maximum Gasteiger partial charge on any atom is 0.229 e. The number of carbonyl (C=O) groups excluding carboxylic acids is 3. The number of rotatable bonds is 6. The molecule has 0 spiro atoms. The summed E-state index contributed by atoms with van der Waals surface area (Å²) in [5.74, 6) is -0.534. The van der Waals surface area contributed by atoms with Crippen LogP contribution in [0.25, 0.3) is 6.08 Å². The van der Waals surface area contributed by atoms with Crippen molar-refractivity contribution in [2.45, 2.75) is 19.3 Å². The molecule has 1 aromatic rings. The van der Waals surface area contributed by atoms with Gasteiger partial charge in [-0.2, -0.15) is 0 Å². The molecule has 5 heteroatoms. The molecule has 21 heavy (non-hydrogen) atoms. The molecule has 0 aromatic heterocycles. The maximum absolute atomic E-state index is 11.6. The summed E-state index contributed by atoms with van der Waals surface area (Å²) in [4.78, 5) is 35.5. The topological polar surface area (TPSA) is 66.5 Å². The largest absolute Gasteiger partial charge is 0.353 e. The molecule has 0 unspecified atom stereocenters. The molecule has 0 radical (unpaired) electrons. The Kier molecular flexibility index (Phi) is 5.26. The molecule has 1 fully saturated rings. The first-order chi connectivity index (χ1) is 10.2. The second-order valence-corrected chi connectivity index (χ2v) is 4.81. The van der Waals surface area contributed by atoms with Crippen molar-refractivity contribution in [1.82, 2.24) is 10.2 Å². The van der Waals surface area contributed by atoms with Crippen molar-refractivity contribution in [1.29, 1.82) is 0 Å². The molecular formula is C16H18N2O3. The number of hydrogen-bond acceptors (Lipinski definition) is 3. The average Bonchev–Trinajstić information content (AvgIpc) is 2.81. The molecule has 0 atom stereocenters. The van der Waals surface area contributed by atoms with Crippen LogP contribution >= 0.6 is 0 Å². The summed E-state index contributed by atoms with van der Waals surface area (Å²) in [6, 6.07) is 9.79. The third kappa shape index (κ3) is 4.56. The summed E-state index contributed by atoms with van der Waals surface area (Å²) >= 11 is 0. The van der Waals surface area contributed by atoms with E-state index in [1.165, 1.54) is 4.90 Å². The van der Waals surface area contributed by atoms with Gasteiger partial charge in [-0.3, -0.25) is 19.3 Å². The lowest BCUT2D eigenvalue weighted by Crippen LogP contribution is -2.34. The summed E-state index contributed by atoms with van der Waals surface area (Å²) < 4.78 is 0. The Bertz CT molecular complexity index is 536. The normalized spacial score (nSPS) is 15.0. The molecule has 0 aliphatic carbocycles. The SMILES string of the molecule is O=C(CCN1C(=O)CCC1=O)NC/C=C/c1ccccc1. The number of imide groups is 1. The first-order valence-corrected chi connectivity index (χ1v) is 6.98. The van der Waals surface area contributed by atoms with Gasteiger partial charge in [-0.1, -0.05) is 42.5 Å². The minimum atomic E-state index is -0.184. The summed E-state index contributed by atoms with van der Waals surface area (Å²) in [7, 11) is 0. The summed E-state index contributed by atoms with van der Waals surface area (Å²) in [5, 5.41) is 2.73. The summed E-state index contributed by atoms with van der Waals surface area (Å²) in [6.45, 7) is 0.599. The fourth-order valence-electron chi connectivity index (χ4n) is 2.11. The highest BCUT2D eigenvalue weighted by Crippen LogP contribution is 2.11. The Balaban J connectivity index is 1.67. The van der Waals surface area contributed by atoms with E-state index in [1.807, 2.05) is 42.5 Å². The second kappa shape index (κ2) is 7.38. The predicted molar refractivity (Wildman–Crippen MR) is 79.1 cm³/mol. The van der Waals surface area contributed by atoms with Crippen molar-refractivity contribution in [3.63, 3.8) is 0 Å². The zero-order chi connectivity index (χ0) is 15.1. The van der Waals surface area contributed by atoms with Crippen molar-refractivity contribution >= 4 is 23.8 Å². The van der Waals surface area contributed by atoms with Crippen molar-refractivity contribution < 1.29 is 14.4 Å². The third-order valence-corrected chi connectivity index (χ3v) is 3.24. The van der Waals surface area contributed by atoms with Gasteiger partial charge in [-0.15, -0.1) is 0 Å². The first-order valence-electron chi connectivity index (χ1n) is 6.98. The van der Waals surface area contributed by atoms with Crippen LogP contribution in [0.15, 0.2) is 36.4 Å². The van der Waals surface area contributed by atoms with Gasteiger partial charge in [0, 0.05) is 32.4 Å². The van der Waals surface area contributed by atoms with E-state index in [0.29, 0.717) is 6.54 Å². The highest BCUT2D eigenvalue weighted by atomic mass is 16.2. The first kappa shape index (κ1) is 15.0. The molecule has 1 N–H and O–H groups in total. The molecule has 1 heterocycles. The van der Waals surface area contributed by atoms with Crippen molar-refractivity contribution in [2.75, 3.05) is 13.1 Å². The van der Waals surface area contributed by atoms with Gasteiger partial charge in [0.05, 0.1) is 0 Å². The molecule has 0 saturated carbocycles. The fraction of sp³-hybridized carbons (Fsp3) is 0.312. The van der Waals surface area contributed by atoms with Crippen LogP contribution in [0.4, 0.5) is 0 Å². The van der Waals surface area contributed by atoms with Gasteiger partial charge >= 0.3 is 0 Å². The maximum atomic E-state index is 11.6. The van der Waals surface area contributed by atoms with Gasteiger partial charge in [0.15, 0.2) is 0 Å². The molecule has 3 amide bonds. The van der Waals surface area contributed by atoms with Crippen LogP contribution in [-0.2, 0) is 14.4 Å². The van der Waals surface area contributed by atoms with Crippen LogP contribution in [-0.4, -0.2) is 35.7 Å². The van der Waals surface area contributed by atoms with Crippen LogP contribution in [0, 0.1) is 0 Å². The van der Waals surface area contributed by atoms with Crippen LogP contribution in [0.5, 0.6) is 0 Å². The molecule has 2 rings (SSSR count). The molecule has 5 nitrogen and oxygen atoms in total. The zero-order valence-electron chi connectivity index (χ0n) is 11.7.